The molecule has 1 aromatic carbocycles. The molecule has 0 unspecified atom stereocenters. The monoisotopic (exact) mass is 292 g/mol. The highest BCUT2D eigenvalue weighted by atomic mass is 35.5. The molecular formula is C13H11ClN3OS+. The molecule has 0 saturated heterocycles. The van der Waals surface area contributed by atoms with Gasteiger partial charge in [0.05, 0.1) is 12.6 Å². The Morgan fingerprint density at radius 3 is 2.89 bits per heavy atom. The van der Waals surface area contributed by atoms with Crippen LogP contribution in [0.1, 0.15) is 10.4 Å². The van der Waals surface area contributed by atoms with Crippen LogP contribution in [-0.4, -0.2) is 17.9 Å². The lowest BCUT2D eigenvalue weighted by Gasteiger charge is -2.14. The molecule has 2 aromatic rings. The molecule has 4 nitrogen and oxygen atoms in total. The second kappa shape index (κ2) is 4.51. The van der Waals surface area contributed by atoms with Crippen LogP contribution in [0.4, 0.5) is 5.69 Å². The summed E-state index contributed by atoms with van der Waals surface area (Å²) in [5.74, 6) is -0.0361. The maximum absolute atomic E-state index is 12.4. The van der Waals surface area contributed by atoms with Crippen molar-refractivity contribution in [2.24, 2.45) is 7.05 Å². The Morgan fingerprint density at radius 1 is 1.37 bits per heavy atom. The first-order valence-electron chi connectivity index (χ1n) is 5.69. The highest BCUT2D eigenvalue weighted by Gasteiger charge is 2.30. The van der Waals surface area contributed by atoms with Crippen molar-refractivity contribution >= 4 is 35.0 Å². The lowest BCUT2D eigenvalue weighted by atomic mass is 10.2. The maximum atomic E-state index is 12.4. The van der Waals surface area contributed by atoms with Gasteiger partial charge in [-0.1, -0.05) is 12.1 Å². The Hall–Kier alpha value is -1.59. The molecule has 1 amide bonds. The number of amides is 1. The van der Waals surface area contributed by atoms with Gasteiger partial charge in [-0.05, 0) is 28.9 Å². The summed E-state index contributed by atoms with van der Waals surface area (Å²) in [5, 5.41) is 1.13. The zero-order valence-corrected chi connectivity index (χ0v) is 12.0. The van der Waals surface area contributed by atoms with E-state index in [0.717, 1.165) is 15.6 Å². The molecule has 0 atom stereocenters. The fraction of sp³-hybridized carbons (Fsp3) is 0.154. The molecule has 3 rings (SSSR count). The van der Waals surface area contributed by atoms with Crippen molar-refractivity contribution in [1.29, 1.82) is 0 Å². The molecule has 1 aliphatic heterocycles. The van der Waals surface area contributed by atoms with Gasteiger partial charge in [0.25, 0.3) is 5.91 Å². The molecule has 2 heterocycles. The van der Waals surface area contributed by atoms with Crippen molar-refractivity contribution in [3.05, 3.63) is 41.3 Å². The lowest BCUT2D eigenvalue weighted by molar-refractivity contribution is -0.672. The van der Waals surface area contributed by atoms with E-state index >= 15 is 0 Å². The quantitative estimate of drug-likeness (QED) is 0.425. The summed E-state index contributed by atoms with van der Waals surface area (Å²) in [5.41, 5.74) is 1.45. The summed E-state index contributed by atoms with van der Waals surface area (Å²) in [7, 11) is 3.55. The minimum Gasteiger partial charge on any atom is -0.304 e. The summed E-state index contributed by atoms with van der Waals surface area (Å²) in [6.45, 7) is 0. The summed E-state index contributed by atoms with van der Waals surface area (Å²) in [4.78, 5) is 19.3. The smallest absolute Gasteiger partial charge is 0.304 e. The van der Waals surface area contributed by atoms with Crippen molar-refractivity contribution in [2.75, 3.05) is 11.9 Å². The number of fused-ring (bicyclic) bond motifs is 2. The topological polar surface area (TPSA) is 37.1 Å². The molecule has 0 spiro atoms. The van der Waals surface area contributed by atoms with Crippen molar-refractivity contribution in [2.45, 2.75) is 9.92 Å². The highest BCUT2D eigenvalue weighted by Crippen LogP contribution is 2.39. The number of hydrogen-bond donors (Lipinski definition) is 0. The van der Waals surface area contributed by atoms with E-state index in [1.165, 1.54) is 11.8 Å². The number of anilines is 1. The van der Waals surface area contributed by atoms with Crippen LogP contribution in [0.15, 0.2) is 40.4 Å². The van der Waals surface area contributed by atoms with Gasteiger partial charge in [0.2, 0.25) is 5.03 Å². The number of carbonyl (C=O) groups is 1. The van der Waals surface area contributed by atoms with Crippen LogP contribution in [0.5, 0.6) is 0 Å². The van der Waals surface area contributed by atoms with Crippen LogP contribution in [0.2, 0.25) is 5.28 Å². The molecule has 19 heavy (non-hydrogen) atoms. The van der Waals surface area contributed by atoms with Gasteiger partial charge in [-0.3, -0.25) is 4.79 Å². The zero-order valence-electron chi connectivity index (χ0n) is 10.4. The highest BCUT2D eigenvalue weighted by molar-refractivity contribution is 7.99. The third-order valence-electron chi connectivity index (χ3n) is 3.01. The zero-order chi connectivity index (χ0) is 13.6. The molecule has 0 saturated carbocycles. The van der Waals surface area contributed by atoms with E-state index in [4.69, 9.17) is 11.6 Å². The summed E-state index contributed by atoms with van der Waals surface area (Å²) in [6.07, 6.45) is 1.82. The van der Waals surface area contributed by atoms with Crippen LogP contribution in [0.25, 0.3) is 0 Å². The number of aryl methyl sites for hydroxylation is 1. The average Bonchev–Trinajstić information content (AvgIpc) is 2.50. The van der Waals surface area contributed by atoms with Crippen LogP contribution >= 0.6 is 23.4 Å². The van der Waals surface area contributed by atoms with E-state index in [2.05, 4.69) is 4.98 Å². The van der Waals surface area contributed by atoms with Crippen LogP contribution in [0, 0.1) is 0 Å². The minimum absolute atomic E-state index is 0.0361. The van der Waals surface area contributed by atoms with Crippen LogP contribution in [-0.2, 0) is 7.05 Å². The minimum atomic E-state index is -0.0361. The van der Waals surface area contributed by atoms with E-state index < -0.39 is 0 Å². The van der Waals surface area contributed by atoms with E-state index in [0.29, 0.717) is 10.8 Å². The van der Waals surface area contributed by atoms with Gasteiger partial charge in [0.15, 0.2) is 0 Å². The molecule has 0 fully saturated rings. The van der Waals surface area contributed by atoms with Gasteiger partial charge in [-0.2, -0.15) is 0 Å². The summed E-state index contributed by atoms with van der Waals surface area (Å²) < 4.78 is 1.70. The number of hydrogen-bond acceptors (Lipinski definition) is 3. The molecule has 6 heteroatoms. The van der Waals surface area contributed by atoms with Crippen molar-refractivity contribution in [3.63, 3.8) is 0 Å². The Morgan fingerprint density at radius 2 is 2.11 bits per heavy atom. The first kappa shape index (κ1) is 12.4. The van der Waals surface area contributed by atoms with Gasteiger partial charge in [0, 0.05) is 23.5 Å². The molecule has 1 aliphatic rings. The Labute approximate surface area is 120 Å². The first-order chi connectivity index (χ1) is 9.08. The number of nitrogens with zero attached hydrogens (tertiary/aromatic N) is 3. The van der Waals surface area contributed by atoms with Crippen molar-refractivity contribution < 1.29 is 9.36 Å². The molecule has 0 aliphatic carbocycles. The van der Waals surface area contributed by atoms with Gasteiger partial charge >= 0.3 is 5.28 Å². The Balaban J connectivity index is 2.25. The summed E-state index contributed by atoms with van der Waals surface area (Å²) >= 11 is 7.51. The second-order valence-electron chi connectivity index (χ2n) is 4.27. The van der Waals surface area contributed by atoms with Gasteiger partial charge in [-0.25, -0.2) is 4.57 Å². The third kappa shape index (κ3) is 1.99. The number of halogens is 1. The van der Waals surface area contributed by atoms with E-state index in [1.54, 1.807) is 23.6 Å². The first-order valence-corrected chi connectivity index (χ1v) is 6.88. The van der Waals surface area contributed by atoms with Crippen molar-refractivity contribution in [1.82, 2.24) is 4.98 Å². The molecular weight excluding hydrogens is 282 g/mol. The van der Waals surface area contributed by atoms with Crippen LogP contribution < -0.4 is 9.47 Å². The number of aromatic nitrogens is 2. The van der Waals surface area contributed by atoms with E-state index in [9.17, 15) is 4.79 Å². The molecule has 0 bridgehead atoms. The molecule has 0 N–H and O–H groups in total. The number of benzene rings is 1. The fourth-order valence-electron chi connectivity index (χ4n) is 1.94. The van der Waals surface area contributed by atoms with Gasteiger partial charge < -0.3 is 4.90 Å². The Bertz CT molecular complexity index is 690. The number of carbonyl (C=O) groups excluding carboxylic acids is 1. The largest absolute Gasteiger partial charge is 0.397 e. The van der Waals surface area contributed by atoms with E-state index in [-0.39, 0.29) is 5.91 Å². The second-order valence-corrected chi connectivity index (χ2v) is 5.64. The predicted molar refractivity (Wildman–Crippen MR) is 73.7 cm³/mol. The van der Waals surface area contributed by atoms with Crippen LogP contribution in [0.3, 0.4) is 0 Å². The number of rotatable bonds is 0. The molecule has 96 valence electrons. The van der Waals surface area contributed by atoms with Gasteiger partial charge in [0.1, 0.15) is 11.9 Å². The predicted octanol–water partition coefficient (Wildman–Crippen LogP) is 2.30. The lowest BCUT2D eigenvalue weighted by Crippen LogP contribution is -2.34. The molecule has 0 radical (unpaired) electrons. The summed E-state index contributed by atoms with van der Waals surface area (Å²) in [6, 6.07) is 7.52. The SMILES string of the molecule is CN1C(=O)c2ccccc2Sc2nc(Cl)[n+](C)cc21. The van der Waals surface area contributed by atoms with E-state index in [1.807, 2.05) is 30.5 Å². The normalized spacial score (nSPS) is 13.8. The third-order valence-corrected chi connectivity index (χ3v) is 4.43. The maximum Gasteiger partial charge on any atom is 0.397 e. The van der Waals surface area contributed by atoms with Crippen molar-refractivity contribution in [3.8, 4) is 0 Å². The van der Waals surface area contributed by atoms with Gasteiger partial charge in [-0.15, -0.1) is 0 Å². The average molecular weight is 293 g/mol. The molecule has 1 aromatic heterocycles. The Kier molecular flexibility index (Phi) is 2.95. The fourth-order valence-corrected chi connectivity index (χ4v) is 3.17. The standard InChI is InChI=1S/C13H11ClN3OS/c1-16-7-9-11(15-13(16)14)19-10-6-4-3-5-8(10)12(18)17(9)2/h3-7H,1-2H3/q+1.